The van der Waals surface area contributed by atoms with E-state index in [1.165, 1.54) is 0 Å². The van der Waals surface area contributed by atoms with Crippen LogP contribution in [0.25, 0.3) is 21.9 Å². The number of fused-ring (bicyclic) bond motifs is 3. The Morgan fingerprint density at radius 1 is 1.24 bits per heavy atom. The third-order valence-corrected chi connectivity index (χ3v) is 6.48. The molecule has 33 heavy (non-hydrogen) atoms. The Balaban J connectivity index is 1.47. The van der Waals surface area contributed by atoms with Crippen LogP contribution in [0, 0.1) is 5.41 Å². The average molecular weight is 453 g/mol. The number of nitrogens with zero attached hydrogens (tertiary/aromatic N) is 3. The van der Waals surface area contributed by atoms with Gasteiger partial charge in [-0.3, -0.25) is 4.98 Å². The number of imidazole rings is 1. The van der Waals surface area contributed by atoms with Gasteiger partial charge in [0.25, 0.3) is 0 Å². The lowest BCUT2D eigenvalue weighted by atomic mass is 9.86. The van der Waals surface area contributed by atoms with Crippen LogP contribution in [0.4, 0.5) is 4.79 Å². The number of aryl methyl sites for hydroxylation is 2. The molecule has 7 heteroatoms. The second kappa shape index (κ2) is 10.1. The standard InChI is InChI=1S/C26H36N4O3/c1-5-23-29-21-17-27-20-10-7-6-9-19(20)24(21)30(23)14-8-11-22(26(2,3)4)33-25(31)28-18-12-15-32-16-13-18/h6-7,9-10,17-18,22H,5,8,11-16H2,1-4H3,(H,28,31). The van der Waals surface area contributed by atoms with Crippen LogP contribution in [-0.2, 0) is 22.4 Å². The first-order valence-electron chi connectivity index (χ1n) is 12.1. The van der Waals surface area contributed by atoms with Gasteiger partial charge in [-0.1, -0.05) is 45.9 Å². The molecule has 1 aromatic carbocycles. The topological polar surface area (TPSA) is 78.3 Å². The lowest BCUT2D eigenvalue weighted by Crippen LogP contribution is -2.42. The summed E-state index contributed by atoms with van der Waals surface area (Å²) in [5.41, 5.74) is 2.91. The number of hydrogen-bond acceptors (Lipinski definition) is 5. The summed E-state index contributed by atoms with van der Waals surface area (Å²) in [4.78, 5) is 22.0. The molecule has 1 atom stereocenters. The van der Waals surface area contributed by atoms with Crippen LogP contribution in [0.1, 0.15) is 59.2 Å². The first-order valence-corrected chi connectivity index (χ1v) is 12.1. The summed E-state index contributed by atoms with van der Waals surface area (Å²) < 4.78 is 13.6. The monoisotopic (exact) mass is 452 g/mol. The van der Waals surface area contributed by atoms with E-state index in [0.717, 1.165) is 66.4 Å². The van der Waals surface area contributed by atoms with Crippen LogP contribution in [-0.4, -0.2) is 46.0 Å². The van der Waals surface area contributed by atoms with Crippen molar-refractivity contribution in [3.63, 3.8) is 0 Å². The van der Waals surface area contributed by atoms with Crippen LogP contribution < -0.4 is 5.32 Å². The summed E-state index contributed by atoms with van der Waals surface area (Å²) in [5.74, 6) is 1.06. The molecule has 0 bridgehead atoms. The number of amides is 1. The maximum absolute atomic E-state index is 12.6. The van der Waals surface area contributed by atoms with Crippen LogP contribution in [0.15, 0.2) is 30.5 Å². The fourth-order valence-corrected chi connectivity index (χ4v) is 4.60. The Morgan fingerprint density at radius 2 is 2.00 bits per heavy atom. The van der Waals surface area contributed by atoms with E-state index in [9.17, 15) is 4.79 Å². The Hall–Kier alpha value is -2.67. The van der Waals surface area contributed by atoms with E-state index in [2.05, 4.69) is 48.6 Å². The smallest absolute Gasteiger partial charge is 0.407 e. The van der Waals surface area contributed by atoms with Crippen molar-refractivity contribution in [2.24, 2.45) is 5.41 Å². The van der Waals surface area contributed by atoms with Crippen molar-refractivity contribution < 1.29 is 14.3 Å². The molecule has 0 aliphatic carbocycles. The number of nitrogens with one attached hydrogen (secondary N) is 1. The number of benzene rings is 1. The van der Waals surface area contributed by atoms with Crippen molar-refractivity contribution in [1.82, 2.24) is 19.9 Å². The molecule has 3 heterocycles. The molecule has 1 saturated heterocycles. The lowest BCUT2D eigenvalue weighted by Gasteiger charge is -2.31. The molecular formula is C26H36N4O3. The van der Waals surface area contributed by atoms with E-state index in [1.807, 2.05) is 24.4 Å². The van der Waals surface area contributed by atoms with Crippen molar-refractivity contribution in [2.45, 2.75) is 78.5 Å². The number of aromatic nitrogens is 3. The molecule has 0 saturated carbocycles. The maximum atomic E-state index is 12.6. The second-order valence-corrected chi connectivity index (χ2v) is 9.98. The van der Waals surface area contributed by atoms with E-state index < -0.39 is 0 Å². The Labute approximate surface area is 195 Å². The average Bonchev–Trinajstić information content (AvgIpc) is 3.16. The Kier molecular flexibility index (Phi) is 7.17. The molecule has 1 N–H and O–H groups in total. The van der Waals surface area contributed by atoms with Crippen LogP contribution >= 0.6 is 0 Å². The molecule has 7 nitrogen and oxygen atoms in total. The van der Waals surface area contributed by atoms with Gasteiger partial charge in [0.2, 0.25) is 0 Å². The quantitative estimate of drug-likeness (QED) is 0.530. The molecule has 2 aromatic heterocycles. The normalized spacial score (nSPS) is 16.2. The van der Waals surface area contributed by atoms with Crippen molar-refractivity contribution in [3.8, 4) is 0 Å². The van der Waals surface area contributed by atoms with Gasteiger partial charge in [-0.25, -0.2) is 9.78 Å². The number of hydrogen-bond donors (Lipinski definition) is 1. The molecule has 1 aliphatic heterocycles. The molecule has 178 valence electrons. The highest BCUT2D eigenvalue weighted by atomic mass is 16.6. The van der Waals surface area contributed by atoms with Gasteiger partial charge in [-0.2, -0.15) is 0 Å². The van der Waals surface area contributed by atoms with Gasteiger partial charge in [-0.15, -0.1) is 0 Å². The number of carbonyl (C=O) groups excluding carboxylic acids is 1. The first kappa shape index (κ1) is 23.5. The Morgan fingerprint density at radius 3 is 2.73 bits per heavy atom. The van der Waals surface area contributed by atoms with Crippen LogP contribution in [0.5, 0.6) is 0 Å². The summed E-state index contributed by atoms with van der Waals surface area (Å²) in [6.45, 7) is 10.7. The minimum atomic E-state index is -0.318. The fraction of sp³-hybridized carbons (Fsp3) is 0.577. The van der Waals surface area contributed by atoms with Crippen molar-refractivity contribution in [2.75, 3.05) is 13.2 Å². The van der Waals surface area contributed by atoms with Crippen LogP contribution in [0.3, 0.4) is 0 Å². The highest BCUT2D eigenvalue weighted by Gasteiger charge is 2.29. The van der Waals surface area contributed by atoms with Gasteiger partial charge in [0.15, 0.2) is 0 Å². The number of alkyl carbamates (subject to hydrolysis) is 1. The molecule has 0 spiro atoms. The predicted octanol–water partition coefficient (Wildman–Crippen LogP) is 5.25. The van der Waals surface area contributed by atoms with Gasteiger partial charge in [0.05, 0.1) is 17.2 Å². The summed E-state index contributed by atoms with van der Waals surface area (Å²) in [6.07, 6.45) is 5.59. The molecule has 0 radical (unpaired) electrons. The van der Waals surface area contributed by atoms with Gasteiger partial charge in [0.1, 0.15) is 17.4 Å². The minimum absolute atomic E-state index is 0.137. The Bertz CT molecular complexity index is 1100. The summed E-state index contributed by atoms with van der Waals surface area (Å²) in [6, 6.07) is 8.35. The first-order chi connectivity index (χ1) is 15.9. The summed E-state index contributed by atoms with van der Waals surface area (Å²) in [7, 11) is 0. The molecule has 1 unspecified atom stereocenters. The maximum Gasteiger partial charge on any atom is 0.407 e. The van der Waals surface area contributed by atoms with E-state index in [-0.39, 0.29) is 23.7 Å². The largest absolute Gasteiger partial charge is 0.446 e. The molecule has 3 aromatic rings. The summed E-state index contributed by atoms with van der Waals surface area (Å²) >= 11 is 0. The third-order valence-electron chi connectivity index (χ3n) is 6.48. The zero-order chi connectivity index (χ0) is 23.4. The zero-order valence-electron chi connectivity index (χ0n) is 20.3. The second-order valence-electron chi connectivity index (χ2n) is 9.98. The van der Waals surface area contributed by atoms with E-state index >= 15 is 0 Å². The number of pyridine rings is 1. The molecule has 1 fully saturated rings. The number of para-hydroxylation sites is 1. The molecule has 1 amide bonds. The highest BCUT2D eigenvalue weighted by Crippen LogP contribution is 2.29. The van der Waals surface area contributed by atoms with E-state index in [0.29, 0.717) is 13.2 Å². The van der Waals surface area contributed by atoms with Gasteiger partial charge < -0.3 is 19.4 Å². The number of carbonyl (C=O) groups is 1. The van der Waals surface area contributed by atoms with Crippen molar-refractivity contribution >= 4 is 28.0 Å². The van der Waals surface area contributed by atoms with E-state index in [1.54, 1.807) is 0 Å². The zero-order valence-corrected chi connectivity index (χ0v) is 20.3. The molecular weight excluding hydrogens is 416 g/mol. The van der Waals surface area contributed by atoms with Gasteiger partial charge >= 0.3 is 6.09 Å². The SMILES string of the molecule is CCc1nc2cnc3ccccc3c2n1CCCC(OC(=O)NC1CCOCC1)C(C)(C)C. The minimum Gasteiger partial charge on any atom is -0.446 e. The fourth-order valence-electron chi connectivity index (χ4n) is 4.60. The van der Waals surface area contributed by atoms with Crippen LogP contribution in [0.2, 0.25) is 0 Å². The number of rotatable bonds is 7. The van der Waals surface area contributed by atoms with Crippen molar-refractivity contribution in [3.05, 3.63) is 36.3 Å². The molecule has 4 rings (SSSR count). The van der Waals surface area contributed by atoms with Gasteiger partial charge in [0, 0.05) is 37.6 Å². The summed E-state index contributed by atoms with van der Waals surface area (Å²) in [5, 5.41) is 4.15. The highest BCUT2D eigenvalue weighted by molar-refractivity contribution is 6.02. The number of ether oxygens (including phenoxy) is 2. The predicted molar refractivity (Wildman–Crippen MR) is 130 cm³/mol. The van der Waals surface area contributed by atoms with Crippen molar-refractivity contribution in [1.29, 1.82) is 0 Å². The van der Waals surface area contributed by atoms with E-state index in [4.69, 9.17) is 14.5 Å². The molecule has 1 aliphatic rings. The third kappa shape index (κ3) is 5.46. The lowest BCUT2D eigenvalue weighted by molar-refractivity contribution is 0.0176. The van der Waals surface area contributed by atoms with Gasteiger partial charge in [-0.05, 0) is 37.2 Å².